The van der Waals surface area contributed by atoms with Gasteiger partial charge >= 0.3 is 0 Å². The number of nitro groups is 1. The summed E-state index contributed by atoms with van der Waals surface area (Å²) in [4.78, 5) is 22.3. The van der Waals surface area contributed by atoms with Crippen LogP contribution in [0.25, 0.3) is 0 Å². The number of methoxy groups -OCH3 is 1. The number of hydrogen-bond acceptors (Lipinski definition) is 5. The van der Waals surface area contributed by atoms with Crippen LogP contribution in [0.5, 0.6) is 5.75 Å². The molecule has 2 aromatic rings. The van der Waals surface area contributed by atoms with Crippen LogP contribution in [0.1, 0.15) is 11.1 Å². The Morgan fingerprint density at radius 3 is 2.56 bits per heavy atom. The standard InChI is InChI=1S/C16H13Cl2N3O4/c1-25-16-12(17)6-10(7-13(16)18)9-19-20-15(22)8-11-4-2-3-5-14(11)21(23)24/h2-7,9H,8H2,1H3,(H,20,22)/b19-9+. The molecule has 0 bridgehead atoms. The van der Waals surface area contributed by atoms with E-state index < -0.39 is 10.8 Å². The maximum atomic E-state index is 11.9. The van der Waals surface area contributed by atoms with Gasteiger partial charge in [-0.1, -0.05) is 41.4 Å². The lowest BCUT2D eigenvalue weighted by Crippen LogP contribution is -2.20. The summed E-state index contributed by atoms with van der Waals surface area (Å²) in [7, 11) is 1.45. The number of benzene rings is 2. The van der Waals surface area contributed by atoms with E-state index in [0.29, 0.717) is 26.9 Å². The zero-order chi connectivity index (χ0) is 18.4. The molecule has 0 aliphatic heterocycles. The number of nitro benzene ring substituents is 1. The Morgan fingerprint density at radius 2 is 1.96 bits per heavy atom. The molecule has 0 unspecified atom stereocenters. The average molecular weight is 382 g/mol. The number of nitrogens with zero attached hydrogens (tertiary/aromatic N) is 2. The minimum Gasteiger partial charge on any atom is -0.494 e. The maximum Gasteiger partial charge on any atom is 0.273 e. The lowest BCUT2D eigenvalue weighted by atomic mass is 10.1. The first-order valence-electron chi connectivity index (χ1n) is 6.99. The second-order valence-corrected chi connectivity index (χ2v) is 5.69. The lowest BCUT2D eigenvalue weighted by molar-refractivity contribution is -0.385. The highest BCUT2D eigenvalue weighted by Gasteiger charge is 2.15. The number of ether oxygens (including phenoxy) is 1. The molecule has 0 aliphatic rings. The van der Waals surface area contributed by atoms with Crippen LogP contribution in [-0.2, 0) is 11.2 Å². The molecule has 130 valence electrons. The van der Waals surface area contributed by atoms with Crippen molar-refractivity contribution in [2.45, 2.75) is 6.42 Å². The van der Waals surface area contributed by atoms with Gasteiger partial charge in [0.25, 0.3) is 5.69 Å². The third-order valence-corrected chi connectivity index (χ3v) is 3.73. The Bertz CT molecular complexity index is 817. The monoisotopic (exact) mass is 381 g/mol. The smallest absolute Gasteiger partial charge is 0.273 e. The molecule has 0 aromatic heterocycles. The molecule has 1 N–H and O–H groups in total. The number of hydrazone groups is 1. The van der Waals surface area contributed by atoms with E-state index in [1.165, 1.54) is 31.5 Å². The van der Waals surface area contributed by atoms with Gasteiger partial charge < -0.3 is 4.74 Å². The highest BCUT2D eigenvalue weighted by Crippen LogP contribution is 2.33. The molecule has 0 fully saturated rings. The highest BCUT2D eigenvalue weighted by atomic mass is 35.5. The van der Waals surface area contributed by atoms with E-state index in [0.717, 1.165) is 0 Å². The van der Waals surface area contributed by atoms with Gasteiger partial charge in [0.15, 0.2) is 5.75 Å². The summed E-state index contributed by atoms with van der Waals surface area (Å²) < 4.78 is 5.04. The second kappa shape index (κ2) is 8.46. The van der Waals surface area contributed by atoms with Crippen molar-refractivity contribution in [3.63, 3.8) is 0 Å². The molecule has 0 aliphatic carbocycles. The molecule has 25 heavy (non-hydrogen) atoms. The van der Waals surface area contributed by atoms with Crippen LogP contribution in [0.15, 0.2) is 41.5 Å². The van der Waals surface area contributed by atoms with Crippen molar-refractivity contribution < 1.29 is 14.5 Å². The summed E-state index contributed by atoms with van der Waals surface area (Å²) in [5.41, 5.74) is 3.05. The van der Waals surface area contributed by atoms with Gasteiger partial charge in [0.1, 0.15) is 0 Å². The molecule has 9 heteroatoms. The van der Waals surface area contributed by atoms with Crippen molar-refractivity contribution >= 4 is 41.0 Å². The van der Waals surface area contributed by atoms with Crippen molar-refractivity contribution in [3.05, 3.63) is 67.7 Å². The molecule has 0 atom stereocenters. The van der Waals surface area contributed by atoms with Gasteiger partial charge in [-0.2, -0.15) is 5.10 Å². The summed E-state index contributed by atoms with van der Waals surface area (Å²) in [5.74, 6) is -0.142. The minimum absolute atomic E-state index is 0.115. The van der Waals surface area contributed by atoms with Gasteiger partial charge in [0, 0.05) is 11.6 Å². The van der Waals surface area contributed by atoms with Crippen LogP contribution < -0.4 is 10.2 Å². The topological polar surface area (TPSA) is 93.8 Å². The maximum absolute atomic E-state index is 11.9. The van der Waals surface area contributed by atoms with Crippen molar-refractivity contribution in [2.24, 2.45) is 5.10 Å². The molecule has 0 heterocycles. The number of para-hydroxylation sites is 1. The quantitative estimate of drug-likeness (QED) is 0.469. The number of halogens is 2. The third-order valence-electron chi connectivity index (χ3n) is 3.17. The fourth-order valence-corrected chi connectivity index (χ4v) is 2.74. The molecule has 2 aromatic carbocycles. The Kier molecular flexibility index (Phi) is 6.32. The third kappa shape index (κ3) is 4.91. The van der Waals surface area contributed by atoms with Crippen molar-refractivity contribution in [3.8, 4) is 5.75 Å². The molecule has 0 saturated heterocycles. The van der Waals surface area contributed by atoms with Gasteiger partial charge in [0.05, 0.1) is 34.7 Å². The van der Waals surface area contributed by atoms with E-state index >= 15 is 0 Å². The number of hydrogen-bond donors (Lipinski definition) is 1. The van der Waals surface area contributed by atoms with Crippen LogP contribution in [0.3, 0.4) is 0 Å². The summed E-state index contributed by atoms with van der Waals surface area (Å²) >= 11 is 12.0. The minimum atomic E-state index is -0.534. The lowest BCUT2D eigenvalue weighted by Gasteiger charge is -2.06. The molecule has 0 radical (unpaired) electrons. The van der Waals surface area contributed by atoms with Crippen molar-refractivity contribution in [1.82, 2.24) is 5.43 Å². The Morgan fingerprint density at radius 1 is 1.32 bits per heavy atom. The Balaban J connectivity index is 2.03. The Labute approximate surface area is 153 Å². The highest BCUT2D eigenvalue weighted by molar-refractivity contribution is 6.37. The summed E-state index contributed by atoms with van der Waals surface area (Å²) in [6.45, 7) is 0. The molecular weight excluding hydrogens is 369 g/mol. The van der Waals surface area contributed by atoms with Crippen LogP contribution in [0, 0.1) is 10.1 Å². The molecule has 0 saturated carbocycles. The van der Waals surface area contributed by atoms with E-state index in [1.54, 1.807) is 18.2 Å². The fourth-order valence-electron chi connectivity index (χ4n) is 2.08. The number of rotatable bonds is 6. The first-order valence-corrected chi connectivity index (χ1v) is 7.75. The first-order chi connectivity index (χ1) is 11.9. The zero-order valence-electron chi connectivity index (χ0n) is 13.0. The second-order valence-electron chi connectivity index (χ2n) is 4.87. The van der Waals surface area contributed by atoms with Gasteiger partial charge in [-0.05, 0) is 17.7 Å². The van der Waals surface area contributed by atoms with Crippen LogP contribution in [-0.4, -0.2) is 24.2 Å². The van der Waals surface area contributed by atoms with E-state index in [9.17, 15) is 14.9 Å². The predicted molar refractivity (Wildman–Crippen MR) is 95.6 cm³/mol. The number of carbonyl (C=O) groups excluding carboxylic acids is 1. The normalized spacial score (nSPS) is 10.7. The van der Waals surface area contributed by atoms with Crippen molar-refractivity contribution in [2.75, 3.05) is 7.11 Å². The van der Waals surface area contributed by atoms with Crippen LogP contribution in [0.2, 0.25) is 10.0 Å². The number of nitrogens with one attached hydrogen (secondary N) is 1. The van der Waals surface area contributed by atoms with E-state index in [4.69, 9.17) is 27.9 Å². The Hall–Kier alpha value is -2.64. The van der Waals surface area contributed by atoms with Crippen LogP contribution >= 0.6 is 23.2 Å². The average Bonchev–Trinajstić information content (AvgIpc) is 2.55. The van der Waals surface area contributed by atoms with Gasteiger partial charge in [0.2, 0.25) is 5.91 Å². The largest absolute Gasteiger partial charge is 0.494 e. The predicted octanol–water partition coefficient (Wildman–Crippen LogP) is 3.60. The number of carbonyl (C=O) groups is 1. The van der Waals surface area contributed by atoms with E-state index in [2.05, 4.69) is 10.5 Å². The first kappa shape index (κ1) is 18.7. The van der Waals surface area contributed by atoms with Crippen LogP contribution in [0.4, 0.5) is 5.69 Å². The summed E-state index contributed by atoms with van der Waals surface area (Å²) in [6, 6.07) is 9.17. The van der Waals surface area contributed by atoms with Crippen molar-refractivity contribution in [1.29, 1.82) is 0 Å². The van der Waals surface area contributed by atoms with E-state index in [-0.39, 0.29) is 12.1 Å². The summed E-state index contributed by atoms with van der Waals surface area (Å²) in [5, 5.41) is 15.3. The summed E-state index contributed by atoms with van der Waals surface area (Å²) in [6.07, 6.45) is 1.19. The van der Waals surface area contributed by atoms with Gasteiger partial charge in [-0.3, -0.25) is 14.9 Å². The molecule has 7 nitrogen and oxygen atoms in total. The van der Waals surface area contributed by atoms with Gasteiger partial charge in [-0.15, -0.1) is 0 Å². The van der Waals surface area contributed by atoms with E-state index in [1.807, 2.05) is 0 Å². The molecule has 0 spiro atoms. The van der Waals surface area contributed by atoms with Gasteiger partial charge in [-0.25, -0.2) is 5.43 Å². The number of amides is 1. The molecule has 2 rings (SSSR count). The molecule has 1 amide bonds. The fraction of sp³-hybridized carbons (Fsp3) is 0.125. The molecular formula is C16H13Cl2N3O4. The SMILES string of the molecule is COc1c(Cl)cc(/C=N/NC(=O)Cc2ccccc2[N+](=O)[O-])cc1Cl. The zero-order valence-corrected chi connectivity index (χ0v) is 14.5.